The van der Waals surface area contributed by atoms with Gasteiger partial charge in [0.05, 0.1) is 19.6 Å². The van der Waals surface area contributed by atoms with E-state index in [1.807, 2.05) is 28.9 Å². The maximum absolute atomic E-state index is 13.5. The van der Waals surface area contributed by atoms with Gasteiger partial charge in [0.2, 0.25) is 5.91 Å². The quantitative estimate of drug-likeness (QED) is 0.756. The number of carbonyl (C=O) groups excluding carboxylic acids is 2. The third-order valence-electron chi connectivity index (χ3n) is 6.74. The molecule has 2 heterocycles. The minimum Gasteiger partial charge on any atom is -0.497 e. The number of hydrogen-bond acceptors (Lipinski definition) is 4. The van der Waals surface area contributed by atoms with Crippen LogP contribution in [-0.2, 0) is 17.8 Å². The van der Waals surface area contributed by atoms with Gasteiger partial charge >= 0.3 is 0 Å². The molecular formula is C25H30N2O4. The molecule has 0 radical (unpaired) electrons. The first kappa shape index (κ1) is 21.2. The van der Waals surface area contributed by atoms with Gasteiger partial charge in [0.15, 0.2) is 0 Å². The number of ether oxygens (including phenoxy) is 2. The molecule has 0 unspecified atom stereocenters. The van der Waals surface area contributed by atoms with Gasteiger partial charge in [-0.05, 0) is 49.4 Å². The standard InChI is InChI=1S/C25H30N2O4/c1-4-26-17-19-8-6-5-7-18(19)16-25(24(26)29)9-11-27(12-10-25)23(28)20-13-21(30-2)15-22(14-20)31-3/h5-8,13-15H,4,9-12,16-17H2,1-3H3. The Balaban J connectivity index is 1.56. The molecule has 0 atom stereocenters. The number of nitrogens with zero attached hydrogens (tertiary/aromatic N) is 2. The van der Waals surface area contributed by atoms with Crippen molar-refractivity contribution < 1.29 is 19.1 Å². The van der Waals surface area contributed by atoms with Crippen molar-refractivity contribution in [1.82, 2.24) is 9.80 Å². The van der Waals surface area contributed by atoms with E-state index >= 15 is 0 Å². The van der Waals surface area contributed by atoms with Crippen LogP contribution in [0.2, 0.25) is 0 Å². The molecule has 2 aromatic carbocycles. The zero-order chi connectivity index (χ0) is 22.0. The van der Waals surface area contributed by atoms with Crippen LogP contribution < -0.4 is 9.47 Å². The summed E-state index contributed by atoms with van der Waals surface area (Å²) < 4.78 is 10.6. The van der Waals surface area contributed by atoms with Crippen LogP contribution in [0.5, 0.6) is 11.5 Å². The number of carbonyl (C=O) groups is 2. The van der Waals surface area contributed by atoms with Gasteiger partial charge in [-0.3, -0.25) is 9.59 Å². The number of hydrogen-bond donors (Lipinski definition) is 0. The lowest BCUT2D eigenvalue weighted by molar-refractivity contribution is -0.144. The zero-order valence-electron chi connectivity index (χ0n) is 18.5. The van der Waals surface area contributed by atoms with Gasteiger partial charge in [0.1, 0.15) is 11.5 Å². The summed E-state index contributed by atoms with van der Waals surface area (Å²) in [6.45, 7) is 4.52. The van der Waals surface area contributed by atoms with E-state index in [2.05, 4.69) is 12.1 Å². The number of likely N-dealkylation sites (tertiary alicyclic amines) is 1. The first-order valence-electron chi connectivity index (χ1n) is 10.9. The van der Waals surface area contributed by atoms with Crippen LogP contribution >= 0.6 is 0 Å². The monoisotopic (exact) mass is 422 g/mol. The highest BCUT2D eigenvalue weighted by atomic mass is 16.5. The second kappa shape index (κ2) is 8.61. The molecule has 31 heavy (non-hydrogen) atoms. The highest BCUT2D eigenvalue weighted by Gasteiger charge is 2.46. The summed E-state index contributed by atoms with van der Waals surface area (Å²) in [4.78, 5) is 30.5. The molecule has 1 saturated heterocycles. The SMILES string of the molecule is CCN1Cc2ccccc2CC2(CCN(C(=O)c3cc(OC)cc(OC)c3)CC2)C1=O. The van der Waals surface area contributed by atoms with Crippen molar-refractivity contribution in [2.75, 3.05) is 33.9 Å². The fraction of sp³-hybridized carbons (Fsp3) is 0.440. The van der Waals surface area contributed by atoms with Crippen molar-refractivity contribution in [3.8, 4) is 11.5 Å². The summed E-state index contributed by atoms with van der Waals surface area (Å²) in [7, 11) is 3.14. The van der Waals surface area contributed by atoms with E-state index in [4.69, 9.17) is 9.47 Å². The third-order valence-corrected chi connectivity index (χ3v) is 6.74. The first-order chi connectivity index (χ1) is 15.0. The topological polar surface area (TPSA) is 59.1 Å². The largest absolute Gasteiger partial charge is 0.497 e. The maximum atomic E-state index is 13.5. The highest BCUT2D eigenvalue weighted by molar-refractivity contribution is 5.95. The number of benzene rings is 2. The Kier molecular flexibility index (Phi) is 5.90. The van der Waals surface area contributed by atoms with Crippen LogP contribution in [0.15, 0.2) is 42.5 Å². The zero-order valence-corrected chi connectivity index (χ0v) is 18.5. The van der Waals surface area contributed by atoms with E-state index in [1.54, 1.807) is 32.4 Å². The average Bonchev–Trinajstić information content (AvgIpc) is 2.93. The Bertz CT molecular complexity index is 957. The van der Waals surface area contributed by atoms with Gasteiger partial charge in [-0.1, -0.05) is 24.3 Å². The molecule has 2 aliphatic rings. The molecule has 1 fully saturated rings. The molecule has 2 aliphatic heterocycles. The van der Waals surface area contributed by atoms with Crippen LogP contribution in [0.4, 0.5) is 0 Å². The molecule has 0 aliphatic carbocycles. The van der Waals surface area contributed by atoms with E-state index in [1.165, 1.54) is 11.1 Å². The molecule has 0 saturated carbocycles. The Labute approximate surface area is 183 Å². The van der Waals surface area contributed by atoms with Gasteiger partial charge in [0.25, 0.3) is 5.91 Å². The number of amides is 2. The lowest BCUT2D eigenvalue weighted by atomic mass is 9.72. The van der Waals surface area contributed by atoms with Crippen LogP contribution in [0.25, 0.3) is 0 Å². The lowest BCUT2D eigenvalue weighted by Crippen LogP contribution is -2.51. The van der Waals surface area contributed by atoms with Gasteiger partial charge in [-0.2, -0.15) is 0 Å². The fourth-order valence-corrected chi connectivity index (χ4v) is 4.83. The summed E-state index contributed by atoms with van der Waals surface area (Å²) in [5, 5.41) is 0. The third kappa shape index (κ3) is 3.99. The highest BCUT2D eigenvalue weighted by Crippen LogP contribution is 2.41. The Morgan fingerprint density at radius 2 is 1.61 bits per heavy atom. The van der Waals surface area contributed by atoms with Crippen LogP contribution in [-0.4, -0.2) is 55.5 Å². The van der Waals surface area contributed by atoms with E-state index in [0.717, 1.165) is 6.42 Å². The Morgan fingerprint density at radius 3 is 2.19 bits per heavy atom. The van der Waals surface area contributed by atoms with Crippen molar-refractivity contribution in [3.63, 3.8) is 0 Å². The lowest BCUT2D eigenvalue weighted by Gasteiger charge is -2.42. The van der Waals surface area contributed by atoms with Crippen molar-refractivity contribution in [1.29, 1.82) is 0 Å². The number of piperidine rings is 1. The Morgan fingerprint density at radius 1 is 1.00 bits per heavy atom. The molecule has 164 valence electrons. The van der Waals surface area contributed by atoms with Crippen molar-refractivity contribution in [3.05, 3.63) is 59.2 Å². The molecule has 6 nitrogen and oxygen atoms in total. The smallest absolute Gasteiger partial charge is 0.254 e. The number of methoxy groups -OCH3 is 2. The first-order valence-corrected chi connectivity index (χ1v) is 10.9. The van der Waals surface area contributed by atoms with E-state index in [9.17, 15) is 9.59 Å². The average molecular weight is 423 g/mol. The summed E-state index contributed by atoms with van der Waals surface area (Å²) in [5.41, 5.74) is 2.59. The molecular weight excluding hydrogens is 392 g/mol. The predicted molar refractivity (Wildman–Crippen MR) is 118 cm³/mol. The molecule has 1 spiro atoms. The van der Waals surface area contributed by atoms with Gasteiger partial charge in [-0.25, -0.2) is 0 Å². The number of rotatable bonds is 4. The molecule has 4 rings (SSSR count). The molecule has 2 aromatic rings. The predicted octanol–water partition coefficient (Wildman–Crippen LogP) is 3.53. The molecule has 6 heteroatoms. The van der Waals surface area contributed by atoms with Crippen LogP contribution in [0.3, 0.4) is 0 Å². The van der Waals surface area contributed by atoms with Crippen molar-refractivity contribution in [2.45, 2.75) is 32.7 Å². The van der Waals surface area contributed by atoms with Gasteiger partial charge in [-0.15, -0.1) is 0 Å². The fourth-order valence-electron chi connectivity index (χ4n) is 4.83. The minimum absolute atomic E-state index is 0.0548. The van der Waals surface area contributed by atoms with Gasteiger partial charge in [0, 0.05) is 37.8 Å². The molecule has 0 bridgehead atoms. The minimum atomic E-state index is -0.439. The van der Waals surface area contributed by atoms with Gasteiger partial charge < -0.3 is 19.3 Å². The summed E-state index contributed by atoms with van der Waals surface area (Å²) in [6, 6.07) is 13.6. The molecule has 0 aromatic heterocycles. The van der Waals surface area contributed by atoms with E-state index in [0.29, 0.717) is 56.1 Å². The van der Waals surface area contributed by atoms with E-state index in [-0.39, 0.29) is 11.8 Å². The normalized spacial score (nSPS) is 17.8. The van der Waals surface area contributed by atoms with Crippen molar-refractivity contribution >= 4 is 11.8 Å². The summed E-state index contributed by atoms with van der Waals surface area (Å²) >= 11 is 0. The van der Waals surface area contributed by atoms with Crippen LogP contribution in [0, 0.1) is 5.41 Å². The number of fused-ring (bicyclic) bond motifs is 1. The van der Waals surface area contributed by atoms with Crippen molar-refractivity contribution in [2.24, 2.45) is 5.41 Å². The Hall–Kier alpha value is -3.02. The molecule has 0 N–H and O–H groups in total. The molecule has 2 amide bonds. The van der Waals surface area contributed by atoms with E-state index < -0.39 is 5.41 Å². The second-order valence-electron chi connectivity index (χ2n) is 8.44. The summed E-state index contributed by atoms with van der Waals surface area (Å²) in [5.74, 6) is 1.35. The maximum Gasteiger partial charge on any atom is 0.254 e. The second-order valence-corrected chi connectivity index (χ2v) is 8.44. The summed E-state index contributed by atoms with van der Waals surface area (Å²) in [6.07, 6.45) is 2.08. The van der Waals surface area contributed by atoms with Crippen LogP contribution in [0.1, 0.15) is 41.3 Å².